The average molecular weight is 257 g/mol. The molecule has 1 N–H and O–H groups in total. The number of aryl methyl sites for hydroxylation is 2. The van der Waals surface area contributed by atoms with Gasteiger partial charge in [0.25, 0.3) is 0 Å². The van der Waals surface area contributed by atoms with Crippen LogP contribution >= 0.6 is 0 Å². The number of aromatic nitrogens is 2. The van der Waals surface area contributed by atoms with Crippen LogP contribution in [-0.4, -0.2) is 15.5 Å². The third kappa shape index (κ3) is 3.22. The summed E-state index contributed by atoms with van der Waals surface area (Å²) in [5, 5.41) is 2.91. The molecule has 0 aliphatic rings. The predicted molar refractivity (Wildman–Crippen MR) is 76.2 cm³/mol. The molecule has 0 saturated heterocycles. The number of rotatable bonds is 4. The highest BCUT2D eigenvalue weighted by atomic mass is 16.1. The molecule has 0 radical (unpaired) electrons. The summed E-state index contributed by atoms with van der Waals surface area (Å²) in [5.74, 6) is -0.0336. The molecular formula is C15H19N3O. The first-order chi connectivity index (χ1) is 9.10. The number of hydrogen-bond acceptors (Lipinski definition) is 2. The fourth-order valence-electron chi connectivity index (χ4n) is 1.93. The van der Waals surface area contributed by atoms with E-state index in [1.54, 1.807) is 6.33 Å². The molecule has 2 aromatic rings. The van der Waals surface area contributed by atoms with E-state index < -0.39 is 0 Å². The van der Waals surface area contributed by atoms with Crippen molar-refractivity contribution in [3.05, 3.63) is 47.5 Å². The Hall–Kier alpha value is -2.10. The summed E-state index contributed by atoms with van der Waals surface area (Å²) in [6, 6.07) is 7.92. The number of carbonyl (C=O) groups excluding carboxylic acids is 1. The molecule has 0 unspecified atom stereocenters. The third-order valence-electron chi connectivity index (χ3n) is 3.28. The molecule has 0 aliphatic heterocycles. The number of hydrogen-bond donors (Lipinski definition) is 1. The number of benzene rings is 1. The first-order valence-electron chi connectivity index (χ1n) is 6.47. The number of imidazole rings is 1. The zero-order valence-electron chi connectivity index (χ0n) is 11.6. The van der Waals surface area contributed by atoms with Gasteiger partial charge in [-0.25, -0.2) is 4.98 Å². The molecular weight excluding hydrogens is 238 g/mol. The Morgan fingerprint density at radius 2 is 2.16 bits per heavy atom. The average Bonchev–Trinajstić information content (AvgIpc) is 2.71. The molecule has 0 fully saturated rings. The van der Waals surface area contributed by atoms with Crippen molar-refractivity contribution < 1.29 is 4.79 Å². The standard InChI is InChI=1S/C15H19N3O/c1-4-13-6-5-7-14(8-13)17-15(19)9-18-10-16-11(2)12(18)3/h5-8,10H,4,9H2,1-3H3,(H,17,19). The van der Waals surface area contributed by atoms with Gasteiger partial charge in [0.1, 0.15) is 6.54 Å². The van der Waals surface area contributed by atoms with E-state index in [0.717, 1.165) is 23.5 Å². The number of amides is 1. The van der Waals surface area contributed by atoms with Gasteiger partial charge in [-0.3, -0.25) is 4.79 Å². The van der Waals surface area contributed by atoms with Gasteiger partial charge in [-0.15, -0.1) is 0 Å². The van der Waals surface area contributed by atoms with Crippen molar-refractivity contribution in [2.75, 3.05) is 5.32 Å². The largest absolute Gasteiger partial charge is 0.325 e. The van der Waals surface area contributed by atoms with Gasteiger partial charge in [0, 0.05) is 11.4 Å². The topological polar surface area (TPSA) is 46.9 Å². The van der Waals surface area contributed by atoms with Gasteiger partial charge in [-0.05, 0) is 38.0 Å². The Morgan fingerprint density at radius 1 is 1.37 bits per heavy atom. The Bertz CT molecular complexity index is 587. The second-order valence-electron chi connectivity index (χ2n) is 4.65. The summed E-state index contributed by atoms with van der Waals surface area (Å²) in [5.41, 5.74) is 4.05. The highest BCUT2D eigenvalue weighted by molar-refractivity contribution is 5.90. The van der Waals surface area contributed by atoms with Gasteiger partial charge in [0.15, 0.2) is 0 Å². The van der Waals surface area contributed by atoms with E-state index >= 15 is 0 Å². The lowest BCUT2D eigenvalue weighted by Gasteiger charge is -2.08. The molecule has 4 heteroatoms. The van der Waals surface area contributed by atoms with Crippen molar-refractivity contribution in [2.24, 2.45) is 0 Å². The van der Waals surface area contributed by atoms with E-state index in [4.69, 9.17) is 0 Å². The zero-order valence-corrected chi connectivity index (χ0v) is 11.6. The molecule has 100 valence electrons. The summed E-state index contributed by atoms with van der Waals surface area (Å²) in [4.78, 5) is 16.2. The second-order valence-corrected chi connectivity index (χ2v) is 4.65. The Labute approximate surface area is 113 Å². The van der Waals surface area contributed by atoms with Gasteiger partial charge in [-0.1, -0.05) is 19.1 Å². The monoisotopic (exact) mass is 257 g/mol. The van der Waals surface area contributed by atoms with Crippen molar-refractivity contribution in [2.45, 2.75) is 33.7 Å². The highest BCUT2D eigenvalue weighted by Crippen LogP contribution is 2.11. The van der Waals surface area contributed by atoms with Gasteiger partial charge in [0.05, 0.1) is 12.0 Å². The maximum absolute atomic E-state index is 12.0. The minimum absolute atomic E-state index is 0.0336. The van der Waals surface area contributed by atoms with Crippen LogP contribution in [0.3, 0.4) is 0 Å². The molecule has 1 amide bonds. The maximum atomic E-state index is 12.0. The Kier molecular flexibility index (Phi) is 4.00. The Balaban J connectivity index is 2.03. The van der Waals surface area contributed by atoms with E-state index in [-0.39, 0.29) is 5.91 Å². The molecule has 0 bridgehead atoms. The SMILES string of the molecule is CCc1cccc(NC(=O)Cn2cnc(C)c2C)c1. The van der Waals surface area contributed by atoms with E-state index in [2.05, 4.69) is 23.3 Å². The van der Waals surface area contributed by atoms with Crippen LogP contribution in [0.15, 0.2) is 30.6 Å². The summed E-state index contributed by atoms with van der Waals surface area (Å²) < 4.78 is 1.86. The lowest BCUT2D eigenvalue weighted by molar-refractivity contribution is -0.116. The van der Waals surface area contributed by atoms with Crippen LogP contribution in [0.1, 0.15) is 23.9 Å². The van der Waals surface area contributed by atoms with Gasteiger partial charge >= 0.3 is 0 Å². The fourth-order valence-corrected chi connectivity index (χ4v) is 1.93. The minimum atomic E-state index is -0.0336. The van der Waals surface area contributed by atoms with Crippen LogP contribution in [-0.2, 0) is 17.8 Å². The lowest BCUT2D eigenvalue weighted by atomic mass is 10.1. The number of nitrogens with one attached hydrogen (secondary N) is 1. The number of anilines is 1. The van der Waals surface area contributed by atoms with Crippen LogP contribution in [0.4, 0.5) is 5.69 Å². The zero-order chi connectivity index (χ0) is 13.8. The van der Waals surface area contributed by atoms with Crippen molar-refractivity contribution >= 4 is 11.6 Å². The van der Waals surface area contributed by atoms with Gasteiger partial charge in [-0.2, -0.15) is 0 Å². The molecule has 1 aromatic carbocycles. The van der Waals surface area contributed by atoms with Crippen molar-refractivity contribution in [3.8, 4) is 0 Å². The van der Waals surface area contributed by atoms with Crippen molar-refractivity contribution in [3.63, 3.8) is 0 Å². The molecule has 1 heterocycles. The summed E-state index contributed by atoms with van der Waals surface area (Å²) in [7, 11) is 0. The molecule has 0 saturated carbocycles. The van der Waals surface area contributed by atoms with Crippen LogP contribution in [0.2, 0.25) is 0 Å². The molecule has 0 aliphatic carbocycles. The second kappa shape index (κ2) is 5.69. The van der Waals surface area contributed by atoms with Gasteiger partial charge in [0.2, 0.25) is 5.91 Å². The van der Waals surface area contributed by atoms with E-state index in [1.807, 2.05) is 36.6 Å². The maximum Gasteiger partial charge on any atom is 0.244 e. The third-order valence-corrected chi connectivity index (χ3v) is 3.28. The van der Waals surface area contributed by atoms with Crippen molar-refractivity contribution in [1.29, 1.82) is 0 Å². The normalized spacial score (nSPS) is 10.5. The number of carbonyl (C=O) groups is 1. The molecule has 1 aromatic heterocycles. The highest BCUT2D eigenvalue weighted by Gasteiger charge is 2.07. The Morgan fingerprint density at radius 3 is 2.79 bits per heavy atom. The summed E-state index contributed by atoms with van der Waals surface area (Å²) >= 11 is 0. The van der Waals surface area contributed by atoms with Crippen LogP contribution in [0, 0.1) is 13.8 Å². The van der Waals surface area contributed by atoms with Crippen molar-refractivity contribution in [1.82, 2.24) is 9.55 Å². The summed E-state index contributed by atoms with van der Waals surface area (Å²) in [6.07, 6.45) is 2.66. The molecule has 4 nitrogen and oxygen atoms in total. The molecule has 19 heavy (non-hydrogen) atoms. The molecule has 0 atom stereocenters. The van der Waals surface area contributed by atoms with E-state index in [9.17, 15) is 4.79 Å². The van der Waals surface area contributed by atoms with Crippen LogP contribution in [0.25, 0.3) is 0 Å². The fraction of sp³-hybridized carbons (Fsp3) is 0.333. The van der Waals surface area contributed by atoms with Gasteiger partial charge < -0.3 is 9.88 Å². The summed E-state index contributed by atoms with van der Waals surface area (Å²) in [6.45, 7) is 6.30. The first-order valence-corrected chi connectivity index (χ1v) is 6.47. The minimum Gasteiger partial charge on any atom is -0.325 e. The lowest BCUT2D eigenvalue weighted by Crippen LogP contribution is -2.19. The first kappa shape index (κ1) is 13.3. The van der Waals surface area contributed by atoms with Crippen LogP contribution < -0.4 is 5.32 Å². The smallest absolute Gasteiger partial charge is 0.244 e. The predicted octanol–water partition coefficient (Wildman–Crippen LogP) is 2.70. The number of nitrogens with zero attached hydrogens (tertiary/aromatic N) is 2. The van der Waals surface area contributed by atoms with E-state index in [1.165, 1.54) is 5.56 Å². The van der Waals surface area contributed by atoms with E-state index in [0.29, 0.717) is 6.54 Å². The van der Waals surface area contributed by atoms with Crippen LogP contribution in [0.5, 0.6) is 0 Å². The molecule has 0 spiro atoms. The molecule has 2 rings (SSSR count). The quantitative estimate of drug-likeness (QED) is 0.915.